The Kier molecular flexibility index (Phi) is 6.23. The van der Waals surface area contributed by atoms with Crippen molar-refractivity contribution in [3.05, 3.63) is 64.5 Å². The predicted octanol–water partition coefficient (Wildman–Crippen LogP) is 3.37. The molecule has 2 aliphatic rings. The number of aryl methyl sites for hydroxylation is 2. The molecule has 0 bridgehead atoms. The van der Waals surface area contributed by atoms with Crippen LogP contribution in [0.2, 0.25) is 0 Å². The Morgan fingerprint density at radius 3 is 2.32 bits per heavy atom. The van der Waals surface area contributed by atoms with Crippen molar-refractivity contribution < 1.29 is 19.5 Å². The number of benzene rings is 1. The summed E-state index contributed by atoms with van der Waals surface area (Å²) in [5, 5.41) is 13.4. The van der Waals surface area contributed by atoms with Crippen molar-refractivity contribution in [2.45, 2.75) is 71.5 Å². The molecule has 4 atom stereocenters. The largest absolute Gasteiger partial charge is 0.479 e. The first-order chi connectivity index (χ1) is 16.1. The summed E-state index contributed by atoms with van der Waals surface area (Å²) in [6, 6.07) is 9.42. The van der Waals surface area contributed by atoms with Gasteiger partial charge in [-0.15, -0.1) is 0 Å². The number of amides is 2. The van der Waals surface area contributed by atoms with E-state index in [2.05, 4.69) is 10.3 Å². The van der Waals surface area contributed by atoms with Gasteiger partial charge in [-0.1, -0.05) is 50.6 Å². The van der Waals surface area contributed by atoms with Crippen molar-refractivity contribution in [2.75, 3.05) is 0 Å². The van der Waals surface area contributed by atoms with Crippen LogP contribution in [0.25, 0.3) is 0 Å². The SMILES string of the molecule is CC[C@H](C)[C@]1(C)C(=O)N[C@H](C2Cc3ccccc3C2)C(=O)N1C(C(=O)O)c1ccc(C)nc1C. The highest BCUT2D eigenvalue weighted by atomic mass is 16.4. The molecule has 34 heavy (non-hydrogen) atoms. The number of pyridine rings is 1. The van der Waals surface area contributed by atoms with Crippen LogP contribution < -0.4 is 5.32 Å². The van der Waals surface area contributed by atoms with Crippen molar-refractivity contribution in [1.29, 1.82) is 0 Å². The van der Waals surface area contributed by atoms with Crippen LogP contribution in [-0.4, -0.2) is 44.4 Å². The van der Waals surface area contributed by atoms with Crippen LogP contribution >= 0.6 is 0 Å². The van der Waals surface area contributed by atoms with Crippen LogP contribution in [0.5, 0.6) is 0 Å². The summed E-state index contributed by atoms with van der Waals surface area (Å²) in [7, 11) is 0. The van der Waals surface area contributed by atoms with Gasteiger partial charge in [-0.3, -0.25) is 14.6 Å². The molecular formula is C27H33N3O4. The van der Waals surface area contributed by atoms with Crippen LogP contribution in [0.4, 0.5) is 0 Å². The Labute approximate surface area is 200 Å². The summed E-state index contributed by atoms with van der Waals surface area (Å²) in [5.41, 5.74) is 2.77. The Morgan fingerprint density at radius 2 is 1.79 bits per heavy atom. The molecule has 0 saturated carbocycles. The molecule has 1 fully saturated rings. The molecule has 7 heteroatoms. The molecule has 2 N–H and O–H groups in total. The molecule has 1 aliphatic carbocycles. The van der Waals surface area contributed by atoms with Crippen LogP contribution in [0.1, 0.15) is 61.3 Å². The number of nitrogens with zero attached hydrogens (tertiary/aromatic N) is 2. The minimum Gasteiger partial charge on any atom is -0.479 e. The van der Waals surface area contributed by atoms with E-state index in [-0.39, 0.29) is 23.7 Å². The van der Waals surface area contributed by atoms with Crippen LogP contribution in [0, 0.1) is 25.7 Å². The van der Waals surface area contributed by atoms with Crippen molar-refractivity contribution in [1.82, 2.24) is 15.2 Å². The molecule has 0 radical (unpaired) electrons. The fraction of sp³-hybridized carbons (Fsp3) is 0.481. The Balaban J connectivity index is 1.81. The second-order valence-electron chi connectivity index (χ2n) is 9.92. The maximum atomic E-state index is 14.2. The van der Waals surface area contributed by atoms with Gasteiger partial charge in [-0.2, -0.15) is 0 Å². The van der Waals surface area contributed by atoms with Crippen molar-refractivity contribution in [2.24, 2.45) is 11.8 Å². The second-order valence-corrected chi connectivity index (χ2v) is 9.92. The fourth-order valence-electron chi connectivity index (χ4n) is 5.61. The van der Waals surface area contributed by atoms with E-state index >= 15 is 0 Å². The van der Waals surface area contributed by atoms with E-state index < -0.39 is 23.6 Å². The highest BCUT2D eigenvalue weighted by Gasteiger charge is 2.57. The van der Waals surface area contributed by atoms with Gasteiger partial charge in [0.15, 0.2) is 6.04 Å². The maximum Gasteiger partial charge on any atom is 0.331 e. The Morgan fingerprint density at radius 1 is 1.18 bits per heavy atom. The number of carbonyl (C=O) groups is 3. The molecule has 0 spiro atoms. The van der Waals surface area contributed by atoms with Crippen LogP contribution in [0.3, 0.4) is 0 Å². The van der Waals surface area contributed by atoms with Gasteiger partial charge in [-0.05, 0) is 62.6 Å². The standard InChI is InChI=1S/C27H33N3O4/c1-6-15(2)27(5)26(34)29-22(20-13-18-9-7-8-10-19(18)14-20)24(31)30(27)23(25(32)33)21-12-11-16(3)28-17(21)4/h7-12,15,20,22-23H,6,13-14H2,1-5H3,(H,29,34)(H,32,33)/t15-,22+,23?,27+/m0/s1. The van der Waals surface area contributed by atoms with Crippen LogP contribution in [0.15, 0.2) is 36.4 Å². The number of carbonyl (C=O) groups excluding carboxylic acids is 2. The Bertz CT molecular complexity index is 1120. The number of rotatable bonds is 6. The lowest BCUT2D eigenvalue weighted by atomic mass is 9.76. The normalized spacial score (nSPS) is 24.5. The molecule has 1 aromatic carbocycles. The van der Waals surface area contributed by atoms with Crippen molar-refractivity contribution in [3.63, 3.8) is 0 Å². The van der Waals surface area contributed by atoms with E-state index in [0.717, 1.165) is 5.69 Å². The smallest absolute Gasteiger partial charge is 0.331 e. The first-order valence-electron chi connectivity index (χ1n) is 12.0. The lowest BCUT2D eigenvalue weighted by molar-refractivity contribution is -0.172. The number of carboxylic acid groups (broad SMARTS) is 1. The second kappa shape index (κ2) is 8.85. The molecule has 1 saturated heterocycles. The highest BCUT2D eigenvalue weighted by Crippen LogP contribution is 2.41. The molecule has 4 rings (SSSR count). The number of nitrogens with one attached hydrogen (secondary N) is 1. The van der Waals surface area contributed by atoms with Gasteiger partial charge >= 0.3 is 5.97 Å². The zero-order valence-corrected chi connectivity index (χ0v) is 20.5. The third-order valence-electron chi connectivity index (χ3n) is 7.93. The van der Waals surface area contributed by atoms with E-state index in [1.165, 1.54) is 16.0 Å². The summed E-state index contributed by atoms with van der Waals surface area (Å²) >= 11 is 0. The van der Waals surface area contributed by atoms with E-state index in [0.29, 0.717) is 30.5 Å². The molecule has 1 aromatic heterocycles. The van der Waals surface area contributed by atoms with Gasteiger partial charge in [0.2, 0.25) is 11.8 Å². The average Bonchev–Trinajstić information content (AvgIpc) is 3.23. The van der Waals surface area contributed by atoms with Gasteiger partial charge in [0.05, 0.1) is 0 Å². The van der Waals surface area contributed by atoms with Crippen molar-refractivity contribution >= 4 is 17.8 Å². The summed E-state index contributed by atoms with van der Waals surface area (Å²) < 4.78 is 0. The summed E-state index contributed by atoms with van der Waals surface area (Å²) in [6.45, 7) is 9.12. The molecule has 1 aliphatic heterocycles. The maximum absolute atomic E-state index is 14.2. The first kappa shape index (κ1) is 23.9. The molecule has 180 valence electrons. The number of aliphatic carboxylic acids is 1. The van der Waals surface area contributed by atoms with Gasteiger partial charge in [0.1, 0.15) is 11.6 Å². The average molecular weight is 464 g/mol. The predicted molar refractivity (Wildman–Crippen MR) is 128 cm³/mol. The third kappa shape index (κ3) is 3.77. The monoisotopic (exact) mass is 463 g/mol. The summed E-state index contributed by atoms with van der Waals surface area (Å²) in [6.07, 6.45) is 1.96. The molecule has 2 amide bonds. The minimum atomic E-state index is -1.31. The topological polar surface area (TPSA) is 99.6 Å². The van der Waals surface area contributed by atoms with Gasteiger partial charge in [0.25, 0.3) is 0 Å². The van der Waals surface area contributed by atoms with E-state index in [1.807, 2.05) is 45.0 Å². The molecule has 7 nitrogen and oxygen atoms in total. The third-order valence-corrected chi connectivity index (χ3v) is 7.93. The lowest BCUT2D eigenvalue weighted by Crippen LogP contribution is -2.74. The van der Waals surface area contributed by atoms with Crippen molar-refractivity contribution in [3.8, 4) is 0 Å². The number of carboxylic acids is 1. The minimum absolute atomic E-state index is 0.121. The highest BCUT2D eigenvalue weighted by molar-refractivity contribution is 6.02. The fourth-order valence-corrected chi connectivity index (χ4v) is 5.61. The number of aromatic nitrogens is 1. The molecular weight excluding hydrogens is 430 g/mol. The van der Waals surface area contributed by atoms with E-state index in [4.69, 9.17) is 0 Å². The zero-order chi connectivity index (χ0) is 24.8. The molecule has 2 aromatic rings. The Hall–Kier alpha value is -3.22. The molecule has 1 unspecified atom stereocenters. The number of hydrogen-bond acceptors (Lipinski definition) is 4. The van der Waals surface area contributed by atoms with Gasteiger partial charge < -0.3 is 15.3 Å². The first-order valence-corrected chi connectivity index (χ1v) is 12.0. The number of hydrogen-bond donors (Lipinski definition) is 2. The van der Waals surface area contributed by atoms with Gasteiger partial charge in [0, 0.05) is 17.0 Å². The van der Waals surface area contributed by atoms with E-state index in [9.17, 15) is 19.5 Å². The van der Waals surface area contributed by atoms with Gasteiger partial charge in [-0.25, -0.2) is 4.79 Å². The summed E-state index contributed by atoms with van der Waals surface area (Å²) in [5.74, 6) is -2.18. The van der Waals surface area contributed by atoms with E-state index in [1.54, 1.807) is 26.0 Å². The quantitative estimate of drug-likeness (QED) is 0.684. The number of piperazine rings is 1. The summed E-state index contributed by atoms with van der Waals surface area (Å²) in [4.78, 5) is 46.4. The molecule has 2 heterocycles. The number of fused-ring (bicyclic) bond motifs is 1. The lowest BCUT2D eigenvalue weighted by Gasteiger charge is -2.52. The van der Waals surface area contributed by atoms with Crippen LogP contribution in [-0.2, 0) is 27.2 Å². The zero-order valence-electron chi connectivity index (χ0n) is 20.5.